The largest absolute Gasteiger partial charge is 0.395 e. The monoisotopic (exact) mass is 497 g/mol. The predicted octanol–water partition coefficient (Wildman–Crippen LogP) is 2.01. The summed E-state index contributed by atoms with van der Waals surface area (Å²) in [5.74, 6) is -1.05. The fraction of sp³-hybridized carbons (Fsp3) is 0.286. The fourth-order valence-corrected chi connectivity index (χ4v) is 4.73. The van der Waals surface area contributed by atoms with E-state index in [1.54, 1.807) is 19.1 Å². The van der Waals surface area contributed by atoms with E-state index in [0.717, 1.165) is 17.4 Å². The maximum absolute atomic E-state index is 13.4. The van der Waals surface area contributed by atoms with Crippen LogP contribution in [0.2, 0.25) is 0 Å². The summed E-state index contributed by atoms with van der Waals surface area (Å²) in [6.45, 7) is 5.02. The quantitative estimate of drug-likeness (QED) is 0.231. The summed E-state index contributed by atoms with van der Waals surface area (Å²) in [6.07, 6.45) is 0.845. The molecule has 0 aliphatic rings. The topological polar surface area (TPSA) is 142 Å². The average Bonchev–Trinajstić information content (AvgIpc) is 2.80. The Labute approximate surface area is 193 Å². The van der Waals surface area contributed by atoms with Gasteiger partial charge in [0.15, 0.2) is 0 Å². The molecule has 0 bridgehead atoms. The summed E-state index contributed by atoms with van der Waals surface area (Å²) >= 11 is 0. The van der Waals surface area contributed by atoms with Crippen LogP contribution in [0, 0.1) is 0 Å². The van der Waals surface area contributed by atoms with E-state index in [-0.39, 0.29) is 30.0 Å². The molecule has 12 heteroatoms. The normalized spacial score (nSPS) is 12.8. The van der Waals surface area contributed by atoms with Crippen molar-refractivity contribution in [2.24, 2.45) is 0 Å². The molecule has 0 spiro atoms. The molecule has 1 amide bonds. The Morgan fingerprint density at radius 2 is 1.64 bits per heavy atom. The molecule has 33 heavy (non-hydrogen) atoms. The number of carbonyl (C=O) groups excluding carboxylic acids is 1. The fourth-order valence-electron chi connectivity index (χ4n) is 2.81. The van der Waals surface area contributed by atoms with Gasteiger partial charge in [-0.1, -0.05) is 56.0 Å². The molecule has 0 heterocycles. The number of hydrogen-bond donors (Lipinski definition) is 3. The highest BCUT2D eigenvalue weighted by atomic mass is 32.2. The van der Waals surface area contributed by atoms with Crippen molar-refractivity contribution in [3.05, 3.63) is 66.9 Å². The summed E-state index contributed by atoms with van der Waals surface area (Å²) < 4.78 is 52.2. The van der Waals surface area contributed by atoms with E-state index in [1.165, 1.54) is 17.6 Å². The highest BCUT2D eigenvalue weighted by Gasteiger charge is 2.38. The van der Waals surface area contributed by atoms with Crippen LogP contribution in [0.3, 0.4) is 0 Å². The summed E-state index contributed by atoms with van der Waals surface area (Å²) in [7, 11) is -8.02. The number of carbonyl (C=O) groups is 1. The van der Waals surface area contributed by atoms with E-state index in [9.17, 15) is 21.6 Å². The Morgan fingerprint density at radius 3 is 2.15 bits per heavy atom. The third-order valence-electron chi connectivity index (χ3n) is 4.56. The lowest BCUT2D eigenvalue weighted by molar-refractivity contribution is -0.146. The molecule has 0 aliphatic carbocycles. The van der Waals surface area contributed by atoms with Crippen LogP contribution in [0.5, 0.6) is 0 Å². The van der Waals surface area contributed by atoms with Crippen molar-refractivity contribution in [3.63, 3.8) is 0 Å². The van der Waals surface area contributed by atoms with E-state index in [0.29, 0.717) is 4.47 Å². The van der Waals surface area contributed by atoms with Gasteiger partial charge in [-0.25, -0.2) is 27.0 Å². The third kappa shape index (κ3) is 7.37. The Morgan fingerprint density at radius 1 is 1.06 bits per heavy atom. The standard InChI is InChI=1S/C21H27N3O7S2/c1-4-16(2)31-24(20(21(25)23-26)14-15-22-32(3,27)28)33(29,30)19-12-10-18(11-13-19)17-8-6-5-7-9-17/h5-13,20,22,26H,2,4,14-15H2,1,3H3,(H,23,25)/t20-/m1/s1. The summed E-state index contributed by atoms with van der Waals surface area (Å²) in [4.78, 5) is 17.6. The lowest BCUT2D eigenvalue weighted by Crippen LogP contribution is -2.50. The first-order valence-electron chi connectivity index (χ1n) is 9.94. The molecule has 180 valence electrons. The van der Waals surface area contributed by atoms with E-state index in [2.05, 4.69) is 11.3 Å². The second-order valence-corrected chi connectivity index (χ2v) is 10.7. The van der Waals surface area contributed by atoms with Crippen molar-refractivity contribution >= 4 is 26.0 Å². The lowest BCUT2D eigenvalue weighted by Gasteiger charge is -2.29. The van der Waals surface area contributed by atoms with Gasteiger partial charge in [-0.3, -0.25) is 10.0 Å². The van der Waals surface area contributed by atoms with Crippen molar-refractivity contribution in [2.75, 3.05) is 12.8 Å². The zero-order valence-electron chi connectivity index (χ0n) is 18.3. The van der Waals surface area contributed by atoms with Gasteiger partial charge >= 0.3 is 0 Å². The van der Waals surface area contributed by atoms with Gasteiger partial charge in [0.1, 0.15) is 11.8 Å². The van der Waals surface area contributed by atoms with E-state index < -0.39 is 32.0 Å². The SMILES string of the molecule is C=C(CC)ON([C@H](CCNS(C)(=O)=O)C(=O)NO)S(=O)(=O)c1ccc(-c2ccccc2)cc1. The van der Waals surface area contributed by atoms with Gasteiger partial charge in [0.2, 0.25) is 10.0 Å². The second kappa shape index (κ2) is 11.4. The zero-order chi connectivity index (χ0) is 24.6. The highest BCUT2D eigenvalue weighted by molar-refractivity contribution is 7.89. The van der Waals surface area contributed by atoms with Crippen molar-refractivity contribution in [1.82, 2.24) is 14.7 Å². The molecule has 3 N–H and O–H groups in total. The Hall–Kier alpha value is -2.77. The molecule has 1 atom stereocenters. The number of benzene rings is 2. The summed E-state index contributed by atoms with van der Waals surface area (Å²) in [5, 5.41) is 9.17. The third-order valence-corrected chi connectivity index (χ3v) is 6.96. The van der Waals surface area contributed by atoms with Gasteiger partial charge in [-0.15, -0.1) is 0 Å². The van der Waals surface area contributed by atoms with Gasteiger partial charge in [0.25, 0.3) is 15.9 Å². The lowest BCUT2D eigenvalue weighted by atomic mass is 10.1. The van der Waals surface area contributed by atoms with Gasteiger partial charge in [-0.05, 0) is 34.1 Å². The minimum absolute atomic E-state index is 0.0475. The maximum atomic E-state index is 13.4. The molecule has 2 aromatic rings. The van der Waals surface area contributed by atoms with Crippen LogP contribution in [-0.2, 0) is 29.7 Å². The second-order valence-electron chi connectivity index (χ2n) is 7.08. The minimum Gasteiger partial charge on any atom is -0.395 e. The molecule has 0 aliphatic heterocycles. The Bertz CT molecular complexity index is 1170. The molecule has 0 saturated carbocycles. The van der Waals surface area contributed by atoms with E-state index >= 15 is 0 Å². The van der Waals surface area contributed by atoms with Crippen LogP contribution >= 0.6 is 0 Å². The first-order valence-corrected chi connectivity index (χ1v) is 13.3. The molecule has 2 aromatic carbocycles. The smallest absolute Gasteiger partial charge is 0.274 e. The molecule has 0 radical (unpaired) electrons. The van der Waals surface area contributed by atoms with Gasteiger partial charge in [0.05, 0.1) is 11.2 Å². The number of rotatable bonds is 12. The van der Waals surface area contributed by atoms with Crippen molar-refractivity contribution < 1.29 is 31.7 Å². The van der Waals surface area contributed by atoms with Crippen LogP contribution in [0.25, 0.3) is 11.1 Å². The molecule has 0 fully saturated rings. The first kappa shape index (κ1) is 26.5. The molecule has 0 aromatic heterocycles. The minimum atomic E-state index is -4.42. The number of sulfonamides is 2. The van der Waals surface area contributed by atoms with Crippen LogP contribution in [0.4, 0.5) is 0 Å². The summed E-state index contributed by atoms with van der Waals surface area (Å²) in [5.41, 5.74) is 3.07. The number of allylic oxidation sites excluding steroid dienone is 1. The molecule has 0 saturated heterocycles. The molecule has 0 unspecified atom stereocenters. The Kier molecular flexibility index (Phi) is 9.14. The number of nitrogens with one attached hydrogen (secondary N) is 2. The Balaban J connectivity index is 2.43. The van der Waals surface area contributed by atoms with Crippen LogP contribution in [0.1, 0.15) is 19.8 Å². The molecular formula is C21H27N3O7S2. The first-order chi connectivity index (χ1) is 15.5. The number of nitrogens with zero attached hydrogens (tertiary/aromatic N) is 1. The zero-order valence-corrected chi connectivity index (χ0v) is 19.9. The maximum Gasteiger partial charge on any atom is 0.274 e. The van der Waals surface area contributed by atoms with Crippen LogP contribution in [0.15, 0.2) is 71.8 Å². The van der Waals surface area contributed by atoms with E-state index in [4.69, 9.17) is 10.0 Å². The van der Waals surface area contributed by atoms with Crippen molar-refractivity contribution in [3.8, 4) is 11.1 Å². The van der Waals surface area contributed by atoms with Gasteiger partial charge in [-0.2, -0.15) is 0 Å². The van der Waals surface area contributed by atoms with Crippen molar-refractivity contribution in [1.29, 1.82) is 0 Å². The predicted molar refractivity (Wildman–Crippen MR) is 123 cm³/mol. The summed E-state index contributed by atoms with van der Waals surface area (Å²) in [6, 6.07) is 13.7. The van der Waals surface area contributed by atoms with Crippen molar-refractivity contribution in [2.45, 2.75) is 30.7 Å². The molecule has 2 rings (SSSR count). The number of hydrogen-bond acceptors (Lipinski definition) is 7. The van der Waals surface area contributed by atoms with Gasteiger partial charge in [0, 0.05) is 13.0 Å². The van der Waals surface area contributed by atoms with Crippen LogP contribution in [-0.4, -0.2) is 51.3 Å². The highest BCUT2D eigenvalue weighted by Crippen LogP contribution is 2.26. The number of hydroxylamine groups is 2. The van der Waals surface area contributed by atoms with E-state index in [1.807, 2.05) is 30.3 Å². The average molecular weight is 498 g/mol. The van der Waals surface area contributed by atoms with Crippen LogP contribution < -0.4 is 10.2 Å². The number of amides is 1. The molecule has 10 nitrogen and oxygen atoms in total. The van der Waals surface area contributed by atoms with Gasteiger partial charge < -0.3 is 4.84 Å². The molecular weight excluding hydrogens is 470 g/mol.